The number of aromatic nitrogens is 2. The molecule has 5 heteroatoms. The third-order valence-corrected chi connectivity index (χ3v) is 21.8. The van der Waals surface area contributed by atoms with Crippen molar-refractivity contribution in [3.63, 3.8) is 0 Å². The number of anilines is 6. The standard InChI is InChI=1S/C98H73BN4/c1-97(2,3)68-56-67(57-69(59-68)98(4,5)6)66-50-54-83-88(58-66)103(94-72(64-30-12-8-13-31-64)41-26-42-73(94)65-32-14-9-15-33-65)91-61-90-92(82-44-27-43-81-77-37-19-17-35-75(77)74-34-16-18-36-76(74)78-38-20-25-47-87(78)102(90)95(81)82)96-93(91)99(83)84-55-53-71(100-85-45-23-21-39-79(85)80-40-22-24-46-86(80)100)60-89(84)101(96)70-51-48-63(49-52-70)62-28-10-7-11-29-62/h7-61H,1-6H3/i21D,22D,23D,24D,39D,40D,45D,46D. The Bertz CT molecular complexity index is 6910. The van der Waals surface area contributed by atoms with E-state index in [9.17, 15) is 8.22 Å². The maximum Gasteiger partial charge on any atom is 0.252 e. The van der Waals surface area contributed by atoms with Gasteiger partial charge in [0.15, 0.2) is 0 Å². The molecular weight excluding hydrogens is 1240 g/mol. The lowest BCUT2D eigenvalue weighted by Gasteiger charge is -2.45. The highest BCUT2D eigenvalue weighted by Crippen LogP contribution is 2.55. The Morgan fingerprint density at radius 1 is 0.301 bits per heavy atom. The molecule has 0 saturated heterocycles. The molecule has 0 saturated carbocycles. The summed E-state index contributed by atoms with van der Waals surface area (Å²) in [6, 6.07) is 100. The molecule has 0 unspecified atom stereocenters. The topological polar surface area (TPSA) is 15.8 Å². The molecule has 0 N–H and O–H groups in total. The summed E-state index contributed by atoms with van der Waals surface area (Å²) in [5.74, 6) is 0. The van der Waals surface area contributed by atoms with Crippen molar-refractivity contribution in [2.45, 2.75) is 52.4 Å². The van der Waals surface area contributed by atoms with E-state index in [1.807, 2.05) is 12.1 Å². The highest BCUT2D eigenvalue weighted by molar-refractivity contribution is 7.00. The van der Waals surface area contributed by atoms with Gasteiger partial charge in [-0.3, -0.25) is 0 Å². The Morgan fingerprint density at radius 3 is 1.37 bits per heavy atom. The van der Waals surface area contributed by atoms with Gasteiger partial charge in [0.25, 0.3) is 6.71 Å². The predicted octanol–water partition coefficient (Wildman–Crippen LogP) is 24.7. The zero-order valence-electron chi connectivity index (χ0n) is 66.0. The van der Waals surface area contributed by atoms with Crippen molar-refractivity contribution in [1.82, 2.24) is 8.97 Å². The van der Waals surface area contributed by atoms with Crippen LogP contribution in [0.25, 0.3) is 132 Å². The van der Waals surface area contributed by atoms with E-state index in [2.05, 4.69) is 329 Å². The minimum absolute atomic E-state index is 0.0115. The van der Waals surface area contributed by atoms with Gasteiger partial charge in [-0.25, -0.2) is 0 Å². The Morgan fingerprint density at radius 2 is 0.767 bits per heavy atom. The van der Waals surface area contributed by atoms with Crippen molar-refractivity contribution >= 4 is 139 Å². The average Bonchev–Trinajstić information content (AvgIpc) is 1.63. The van der Waals surface area contributed by atoms with Gasteiger partial charge in [-0.05, 0) is 148 Å². The van der Waals surface area contributed by atoms with Crippen LogP contribution in [0.5, 0.6) is 0 Å². The first-order valence-electron chi connectivity index (χ1n) is 39.6. The normalized spacial score (nSPS) is 14.0. The molecule has 4 nitrogen and oxygen atoms in total. The van der Waals surface area contributed by atoms with Crippen molar-refractivity contribution in [3.05, 3.63) is 345 Å². The number of rotatable bonds is 7. The largest absolute Gasteiger partial charge is 0.311 e. The van der Waals surface area contributed by atoms with Gasteiger partial charge in [-0.15, -0.1) is 0 Å². The van der Waals surface area contributed by atoms with Crippen LogP contribution in [-0.4, -0.2) is 15.7 Å². The molecule has 0 radical (unpaired) electrons. The molecule has 103 heavy (non-hydrogen) atoms. The summed E-state index contributed by atoms with van der Waals surface area (Å²) in [4.78, 5) is 5.02. The van der Waals surface area contributed by atoms with Crippen LogP contribution in [0.2, 0.25) is 0 Å². The second-order valence-electron chi connectivity index (χ2n) is 29.7. The van der Waals surface area contributed by atoms with E-state index in [1.54, 1.807) is 4.57 Å². The van der Waals surface area contributed by atoms with Crippen LogP contribution in [0, 0.1) is 0 Å². The van der Waals surface area contributed by atoms with Gasteiger partial charge in [-0.2, -0.15) is 0 Å². The summed E-state index contributed by atoms with van der Waals surface area (Å²) in [6.45, 7) is 13.2. The minimum atomic E-state index is -0.521. The lowest BCUT2D eigenvalue weighted by molar-refractivity contribution is 0.569. The third kappa shape index (κ3) is 9.38. The molecule has 0 amide bonds. The number of hydrogen-bond donors (Lipinski definition) is 0. The van der Waals surface area contributed by atoms with Crippen molar-refractivity contribution in [2.24, 2.45) is 0 Å². The van der Waals surface area contributed by atoms with Gasteiger partial charge in [0.2, 0.25) is 0 Å². The Hall–Kier alpha value is -12.4. The first-order chi connectivity index (χ1) is 53.7. The zero-order valence-corrected chi connectivity index (χ0v) is 58.0. The molecule has 5 heterocycles. The number of hydrogen-bond acceptors (Lipinski definition) is 2. The van der Waals surface area contributed by atoms with Gasteiger partial charge < -0.3 is 18.8 Å². The molecular formula is C98H73BN4. The van der Waals surface area contributed by atoms with Crippen molar-refractivity contribution in [1.29, 1.82) is 0 Å². The maximum absolute atomic E-state index is 9.86. The molecule has 0 fully saturated rings. The molecule has 2 aliphatic rings. The molecule has 3 aromatic heterocycles. The van der Waals surface area contributed by atoms with Gasteiger partial charge in [0.1, 0.15) is 0 Å². The highest BCUT2D eigenvalue weighted by atomic mass is 15.2. The molecule has 488 valence electrons. The van der Waals surface area contributed by atoms with E-state index >= 15 is 0 Å². The molecule has 20 rings (SSSR count). The smallest absolute Gasteiger partial charge is 0.252 e. The fourth-order valence-corrected chi connectivity index (χ4v) is 16.9. The van der Waals surface area contributed by atoms with Crippen LogP contribution in [0.4, 0.5) is 34.1 Å². The van der Waals surface area contributed by atoms with Gasteiger partial charge >= 0.3 is 0 Å². The number of nitrogens with zero attached hydrogens (tertiary/aromatic N) is 4. The fraction of sp³-hybridized carbons (Fsp3) is 0.0816. The predicted molar refractivity (Wildman–Crippen MR) is 441 cm³/mol. The van der Waals surface area contributed by atoms with E-state index in [0.29, 0.717) is 5.69 Å². The lowest BCUT2D eigenvalue weighted by atomic mass is 9.33. The van der Waals surface area contributed by atoms with Crippen LogP contribution in [0.1, 0.15) is 63.6 Å². The van der Waals surface area contributed by atoms with Gasteiger partial charge in [-0.1, -0.05) is 320 Å². The van der Waals surface area contributed by atoms with Gasteiger partial charge in [0, 0.05) is 71.9 Å². The Labute approximate surface area is 612 Å². The SMILES string of the molecule is [2H]c1c([2H])c([2H])c2c(c1[2H])c1c([2H])c([2H])c([2H])c([2H])c1n2-c1ccc2c(c1)N(c1ccc(-c3ccccc3)cc1)c1c3c(cc4c1c1cccc5c6ccccc6c6ccccc6c6ccccc6n4c51)N(c1c(-c4ccccc4)cccc1-c1ccccc1)c1cc(-c4cc(C(C)(C)C)cc(C(C)(C)C)c4)ccc1B23. The second-order valence-corrected chi connectivity index (χ2v) is 29.7. The van der Waals surface area contributed by atoms with E-state index < -0.39 is 43.0 Å². The number of benzene rings is 15. The van der Waals surface area contributed by atoms with E-state index in [0.717, 1.165) is 155 Å². The van der Waals surface area contributed by atoms with Crippen LogP contribution >= 0.6 is 0 Å². The molecule has 15 aromatic carbocycles. The van der Waals surface area contributed by atoms with Gasteiger partial charge in [0.05, 0.1) is 49.9 Å². The van der Waals surface area contributed by atoms with E-state index in [4.69, 9.17) is 2.74 Å². The summed E-state index contributed by atoms with van der Waals surface area (Å²) in [7, 11) is 0. The highest BCUT2D eigenvalue weighted by Gasteiger charge is 2.46. The second kappa shape index (κ2) is 23.1. The summed E-state index contributed by atoms with van der Waals surface area (Å²) in [6.07, 6.45) is 0. The first-order valence-corrected chi connectivity index (χ1v) is 35.6. The number of fused-ring (bicyclic) bond motifs is 18. The van der Waals surface area contributed by atoms with Crippen LogP contribution in [-0.2, 0) is 10.8 Å². The average molecular weight is 1330 g/mol. The summed E-state index contributed by atoms with van der Waals surface area (Å²) in [5, 5.41) is 8.58. The van der Waals surface area contributed by atoms with Crippen molar-refractivity contribution in [3.8, 4) is 50.2 Å². The monoisotopic (exact) mass is 1320 g/mol. The van der Waals surface area contributed by atoms with E-state index in [-0.39, 0.29) is 44.7 Å². The summed E-state index contributed by atoms with van der Waals surface area (Å²) < 4.78 is 79.9. The molecule has 0 bridgehead atoms. The Kier molecular flexibility index (Phi) is 11.8. The number of para-hydroxylation sites is 5. The quantitative estimate of drug-likeness (QED) is 0.148. The van der Waals surface area contributed by atoms with Crippen molar-refractivity contribution in [2.75, 3.05) is 9.80 Å². The molecule has 0 spiro atoms. The maximum atomic E-state index is 9.86. The first kappa shape index (κ1) is 52.6. The fourth-order valence-electron chi connectivity index (χ4n) is 16.9. The lowest BCUT2D eigenvalue weighted by Crippen LogP contribution is -2.61. The minimum Gasteiger partial charge on any atom is -0.311 e. The molecule has 0 aliphatic carbocycles. The summed E-state index contributed by atoms with van der Waals surface area (Å²) >= 11 is 0. The third-order valence-electron chi connectivity index (χ3n) is 21.8. The molecule has 2 aliphatic heterocycles. The Balaban J connectivity index is 1.03. The van der Waals surface area contributed by atoms with Crippen LogP contribution in [0.3, 0.4) is 0 Å². The van der Waals surface area contributed by atoms with Crippen LogP contribution in [0.15, 0.2) is 333 Å². The summed E-state index contributed by atoms with van der Waals surface area (Å²) in [5.41, 5.74) is 22.5. The van der Waals surface area contributed by atoms with E-state index in [1.165, 1.54) is 11.1 Å². The molecule has 0 atom stereocenters. The van der Waals surface area contributed by atoms with Crippen molar-refractivity contribution < 1.29 is 11.0 Å². The van der Waals surface area contributed by atoms with Crippen LogP contribution < -0.4 is 26.2 Å². The molecule has 18 aromatic rings. The zero-order chi connectivity index (χ0) is 75.9.